The molecule has 0 radical (unpaired) electrons. The lowest BCUT2D eigenvalue weighted by Gasteiger charge is -2.39. The summed E-state index contributed by atoms with van der Waals surface area (Å²) in [6.07, 6.45) is -9.37. The third kappa shape index (κ3) is 6.09. The lowest BCUT2D eigenvalue weighted by Crippen LogP contribution is -2.48. The first kappa shape index (κ1) is 26.8. The minimum atomic E-state index is -4.82. The van der Waals surface area contributed by atoms with Gasteiger partial charge in [0.15, 0.2) is 9.84 Å². The smallest absolute Gasteiger partial charge is 0.406 e. The number of carbonyl (C=O) groups is 1. The molecule has 1 saturated heterocycles. The molecule has 1 aliphatic rings. The first-order valence-corrected chi connectivity index (χ1v) is 12.0. The Kier molecular flexibility index (Phi) is 7.18. The number of piperidine rings is 1. The number of rotatable bonds is 6. The predicted octanol–water partition coefficient (Wildman–Crippen LogP) is 5.60. The van der Waals surface area contributed by atoms with Crippen molar-refractivity contribution in [1.29, 1.82) is 0 Å². The Bertz CT molecular complexity index is 1170. The third-order valence-corrected chi connectivity index (χ3v) is 8.79. The number of ether oxygens (including phenoxy) is 1. The summed E-state index contributed by atoms with van der Waals surface area (Å²) in [7, 11) is -4.22. The molecule has 2 aromatic rings. The molecule has 0 spiro atoms. The lowest BCUT2D eigenvalue weighted by atomic mass is 9.85. The molecular weight excluding hydrogens is 500 g/mol. The molecule has 5 nitrogen and oxygen atoms in total. The fraction of sp³-hybridized carbons (Fsp3) is 0.435. The van der Waals surface area contributed by atoms with Gasteiger partial charge in [0.1, 0.15) is 5.75 Å². The van der Waals surface area contributed by atoms with Crippen molar-refractivity contribution in [3.63, 3.8) is 0 Å². The van der Waals surface area contributed by atoms with Crippen LogP contribution in [0.25, 0.3) is 0 Å². The maximum atomic E-state index is 13.3. The van der Waals surface area contributed by atoms with E-state index in [1.165, 1.54) is 30.9 Å². The van der Waals surface area contributed by atoms with E-state index in [-0.39, 0.29) is 31.8 Å². The van der Waals surface area contributed by atoms with E-state index in [4.69, 9.17) is 0 Å². The SMILES string of the molecule is CC(C)(C1CCN(Cc2ccc(OC(F)(F)F)cc2)C(=O)C1)S(=O)(=O)c1cccc(C(F)(F)F)c1. The van der Waals surface area contributed by atoms with Crippen LogP contribution in [0.2, 0.25) is 0 Å². The van der Waals surface area contributed by atoms with Crippen LogP contribution in [0, 0.1) is 5.92 Å². The minimum Gasteiger partial charge on any atom is -0.406 e. The van der Waals surface area contributed by atoms with E-state index in [0.717, 1.165) is 30.3 Å². The first-order valence-electron chi connectivity index (χ1n) is 10.5. The Hall–Kier alpha value is -2.76. The Balaban J connectivity index is 1.71. The topological polar surface area (TPSA) is 63.7 Å². The summed E-state index contributed by atoms with van der Waals surface area (Å²) in [5.74, 6) is -1.40. The van der Waals surface area contributed by atoms with Gasteiger partial charge in [-0.25, -0.2) is 8.42 Å². The van der Waals surface area contributed by atoms with Crippen molar-refractivity contribution in [1.82, 2.24) is 4.90 Å². The van der Waals surface area contributed by atoms with Crippen LogP contribution in [0.3, 0.4) is 0 Å². The number of likely N-dealkylation sites (tertiary alicyclic amines) is 1. The van der Waals surface area contributed by atoms with Gasteiger partial charge in [-0.1, -0.05) is 18.2 Å². The van der Waals surface area contributed by atoms with Gasteiger partial charge in [-0.05, 0) is 62.1 Å². The average molecular weight is 523 g/mol. The zero-order chi connectivity index (χ0) is 26.2. The van der Waals surface area contributed by atoms with Gasteiger partial charge >= 0.3 is 12.5 Å². The van der Waals surface area contributed by atoms with Gasteiger partial charge < -0.3 is 9.64 Å². The molecule has 0 bridgehead atoms. The predicted molar refractivity (Wildman–Crippen MR) is 114 cm³/mol. The van der Waals surface area contributed by atoms with Crippen molar-refractivity contribution in [2.75, 3.05) is 6.54 Å². The van der Waals surface area contributed by atoms with Gasteiger partial charge in [-0.2, -0.15) is 13.2 Å². The number of hydrogen-bond donors (Lipinski definition) is 0. The highest BCUT2D eigenvalue weighted by molar-refractivity contribution is 7.92. The van der Waals surface area contributed by atoms with Crippen LogP contribution in [-0.2, 0) is 27.4 Å². The van der Waals surface area contributed by atoms with Crippen molar-refractivity contribution in [3.05, 3.63) is 59.7 Å². The van der Waals surface area contributed by atoms with Crippen LogP contribution in [0.1, 0.15) is 37.8 Å². The van der Waals surface area contributed by atoms with Crippen molar-refractivity contribution >= 4 is 15.7 Å². The van der Waals surface area contributed by atoms with Gasteiger partial charge in [-0.3, -0.25) is 4.79 Å². The van der Waals surface area contributed by atoms with Crippen LogP contribution in [-0.4, -0.2) is 36.9 Å². The second kappa shape index (κ2) is 9.36. The molecule has 0 aliphatic carbocycles. The standard InChI is InChI=1S/C23H23F6NO4S/c1-21(2,35(32,33)19-5-3-4-17(12-19)22(24,25)26)16-10-11-30(20(31)13-16)14-15-6-8-18(9-7-15)34-23(27,28)29/h3-9,12,16H,10-11,13-14H2,1-2H3. The van der Waals surface area contributed by atoms with Crippen LogP contribution in [0.4, 0.5) is 26.3 Å². The van der Waals surface area contributed by atoms with Crippen molar-refractivity contribution in [2.24, 2.45) is 5.92 Å². The zero-order valence-electron chi connectivity index (χ0n) is 18.8. The number of amides is 1. The molecule has 0 N–H and O–H groups in total. The molecule has 0 saturated carbocycles. The number of nitrogens with zero attached hydrogens (tertiary/aromatic N) is 1. The maximum absolute atomic E-state index is 13.3. The van der Waals surface area contributed by atoms with Crippen LogP contribution in [0.5, 0.6) is 5.75 Å². The summed E-state index contributed by atoms with van der Waals surface area (Å²) < 4.78 is 105. The molecule has 1 fully saturated rings. The molecule has 3 rings (SSSR count). The zero-order valence-corrected chi connectivity index (χ0v) is 19.6. The summed E-state index contributed by atoms with van der Waals surface area (Å²) in [5, 5.41) is 0. The van der Waals surface area contributed by atoms with Crippen LogP contribution in [0.15, 0.2) is 53.4 Å². The molecule has 192 valence electrons. The summed E-state index contributed by atoms with van der Waals surface area (Å²) >= 11 is 0. The monoisotopic (exact) mass is 523 g/mol. The van der Waals surface area contributed by atoms with E-state index in [0.29, 0.717) is 11.6 Å². The second-order valence-electron chi connectivity index (χ2n) is 8.83. The normalized spacial score (nSPS) is 18.0. The molecule has 1 unspecified atom stereocenters. The summed E-state index contributed by atoms with van der Waals surface area (Å²) in [5.41, 5.74) is -0.519. The maximum Gasteiger partial charge on any atom is 0.573 e. The molecule has 1 atom stereocenters. The molecular formula is C23H23F6NO4S. The van der Waals surface area contributed by atoms with E-state index in [1.807, 2.05) is 0 Å². The van der Waals surface area contributed by atoms with Gasteiger partial charge in [0.2, 0.25) is 5.91 Å². The number of sulfone groups is 1. The summed E-state index contributed by atoms with van der Waals surface area (Å²) in [6.45, 7) is 3.09. The average Bonchev–Trinajstić information content (AvgIpc) is 2.74. The van der Waals surface area contributed by atoms with Gasteiger partial charge in [0.05, 0.1) is 15.2 Å². The highest BCUT2D eigenvalue weighted by Crippen LogP contribution is 2.40. The minimum absolute atomic E-state index is 0.110. The van der Waals surface area contributed by atoms with Crippen molar-refractivity contribution < 1.29 is 44.3 Å². The molecule has 12 heteroatoms. The van der Waals surface area contributed by atoms with Crippen molar-refractivity contribution in [3.8, 4) is 5.75 Å². The molecule has 1 heterocycles. The highest BCUT2D eigenvalue weighted by Gasteiger charge is 2.46. The Morgan fingerprint density at radius 3 is 2.17 bits per heavy atom. The fourth-order valence-corrected chi connectivity index (χ4v) is 5.81. The van der Waals surface area contributed by atoms with E-state index in [2.05, 4.69) is 4.74 Å². The second-order valence-corrected chi connectivity index (χ2v) is 11.4. The van der Waals surface area contributed by atoms with Crippen LogP contribution >= 0.6 is 0 Å². The Morgan fingerprint density at radius 2 is 1.63 bits per heavy atom. The lowest BCUT2D eigenvalue weighted by molar-refractivity contribution is -0.274. The number of benzene rings is 2. The number of carbonyl (C=O) groups excluding carboxylic acids is 1. The number of hydrogen-bond acceptors (Lipinski definition) is 4. The largest absolute Gasteiger partial charge is 0.573 e. The van der Waals surface area contributed by atoms with Crippen LogP contribution < -0.4 is 4.74 Å². The highest BCUT2D eigenvalue weighted by atomic mass is 32.2. The van der Waals surface area contributed by atoms with E-state index in [9.17, 15) is 39.6 Å². The van der Waals surface area contributed by atoms with Crippen molar-refractivity contribution in [2.45, 2.75) is 55.4 Å². The summed E-state index contributed by atoms with van der Waals surface area (Å²) in [6, 6.07) is 8.57. The quantitative estimate of drug-likeness (QED) is 0.463. The first-order chi connectivity index (χ1) is 16.0. The number of halogens is 6. The third-order valence-electron chi connectivity index (χ3n) is 6.20. The molecule has 2 aromatic carbocycles. The summed E-state index contributed by atoms with van der Waals surface area (Å²) in [4.78, 5) is 13.8. The van der Waals surface area contributed by atoms with Gasteiger partial charge in [0.25, 0.3) is 0 Å². The van der Waals surface area contributed by atoms with E-state index < -0.39 is 49.2 Å². The Morgan fingerprint density at radius 1 is 1.00 bits per heavy atom. The molecule has 35 heavy (non-hydrogen) atoms. The molecule has 1 amide bonds. The van der Waals surface area contributed by atoms with E-state index >= 15 is 0 Å². The fourth-order valence-electron chi connectivity index (χ4n) is 4.02. The molecule has 0 aromatic heterocycles. The van der Waals surface area contributed by atoms with E-state index in [1.54, 1.807) is 0 Å². The molecule has 1 aliphatic heterocycles. The Labute approximate surface area is 198 Å². The number of alkyl halides is 6. The van der Waals surface area contributed by atoms with Gasteiger partial charge in [0, 0.05) is 19.5 Å². The van der Waals surface area contributed by atoms with Gasteiger partial charge in [-0.15, -0.1) is 13.2 Å².